The number of amides is 1. The van der Waals surface area contributed by atoms with Gasteiger partial charge in [-0.15, -0.1) is 0 Å². The van der Waals surface area contributed by atoms with Gasteiger partial charge >= 0.3 is 6.01 Å². The predicted octanol–water partition coefficient (Wildman–Crippen LogP) is 2.59. The van der Waals surface area contributed by atoms with Crippen molar-refractivity contribution in [1.29, 1.82) is 0 Å². The Morgan fingerprint density at radius 2 is 2.17 bits per heavy atom. The number of rotatable bonds is 2. The molecule has 3 heterocycles. The molecule has 0 aliphatic carbocycles. The van der Waals surface area contributed by atoms with Gasteiger partial charge < -0.3 is 10.2 Å². The van der Waals surface area contributed by atoms with Crippen molar-refractivity contribution in [1.82, 2.24) is 20.2 Å². The summed E-state index contributed by atoms with van der Waals surface area (Å²) in [4.78, 5) is 20.5. The highest BCUT2D eigenvalue weighted by Gasteiger charge is 2.20. The number of aromatic amines is 1. The van der Waals surface area contributed by atoms with Crippen molar-refractivity contribution in [3.05, 3.63) is 41.2 Å². The summed E-state index contributed by atoms with van der Waals surface area (Å²) in [6.45, 7) is 0. The normalized spacial score (nSPS) is 11.2. The fourth-order valence-electron chi connectivity index (χ4n) is 2.27. The topological polar surface area (TPSA) is 123 Å². The third-order valence-corrected chi connectivity index (χ3v) is 3.58. The number of anilines is 2. The summed E-state index contributed by atoms with van der Waals surface area (Å²) in [7, 11) is 0. The zero-order valence-corrected chi connectivity index (χ0v) is 12.3. The number of nitrogen functional groups attached to an aromatic ring is 1. The molecule has 0 aliphatic rings. The maximum Gasteiger partial charge on any atom is 0.302 e. The first kappa shape index (κ1) is 13.5. The molecule has 0 fully saturated rings. The van der Waals surface area contributed by atoms with Gasteiger partial charge in [0.1, 0.15) is 22.5 Å². The van der Waals surface area contributed by atoms with Crippen LogP contribution in [0.2, 0.25) is 5.02 Å². The zero-order chi connectivity index (χ0) is 16.0. The van der Waals surface area contributed by atoms with Gasteiger partial charge in [0.25, 0.3) is 5.91 Å². The van der Waals surface area contributed by atoms with E-state index >= 15 is 0 Å². The molecule has 0 bridgehead atoms. The van der Waals surface area contributed by atoms with Gasteiger partial charge in [-0.1, -0.05) is 23.7 Å². The Bertz CT molecular complexity index is 1020. The van der Waals surface area contributed by atoms with E-state index in [0.29, 0.717) is 27.0 Å². The molecule has 0 saturated heterocycles. The molecular weight excluding hydrogens is 320 g/mol. The van der Waals surface area contributed by atoms with Gasteiger partial charge in [-0.25, -0.2) is 4.98 Å². The molecule has 4 rings (SSSR count). The van der Waals surface area contributed by atoms with Crippen molar-refractivity contribution in [3.63, 3.8) is 0 Å². The standard InChI is InChI=1S/C14H9ClN6O2/c15-6-5-17-12(16)9-10(6)20-21-11(9)13(22)19-14-18-7-3-1-2-4-8(7)23-14/h1-5H,(H2,16,17)(H,20,21)(H,18,19,22). The molecule has 0 radical (unpaired) electrons. The van der Waals surface area contributed by atoms with Crippen molar-refractivity contribution >= 4 is 51.3 Å². The number of fused-ring (bicyclic) bond motifs is 2. The number of halogens is 1. The monoisotopic (exact) mass is 328 g/mol. The highest BCUT2D eigenvalue weighted by atomic mass is 35.5. The number of para-hydroxylation sites is 2. The number of nitrogens with one attached hydrogen (secondary N) is 2. The minimum atomic E-state index is -0.505. The Balaban J connectivity index is 1.73. The van der Waals surface area contributed by atoms with E-state index in [-0.39, 0.29) is 17.5 Å². The first-order valence-corrected chi connectivity index (χ1v) is 6.96. The number of aromatic nitrogens is 4. The molecule has 9 heteroatoms. The number of H-pyrrole nitrogens is 1. The van der Waals surface area contributed by atoms with Crippen LogP contribution in [0.4, 0.5) is 11.8 Å². The fraction of sp³-hybridized carbons (Fsp3) is 0. The predicted molar refractivity (Wildman–Crippen MR) is 85.3 cm³/mol. The third-order valence-electron chi connectivity index (χ3n) is 3.31. The lowest BCUT2D eigenvalue weighted by Crippen LogP contribution is -2.13. The number of hydrogen-bond donors (Lipinski definition) is 3. The van der Waals surface area contributed by atoms with Crippen LogP contribution in [-0.4, -0.2) is 26.1 Å². The van der Waals surface area contributed by atoms with Gasteiger partial charge in [0.15, 0.2) is 5.58 Å². The molecule has 0 aliphatic heterocycles. The summed E-state index contributed by atoms with van der Waals surface area (Å²) in [6.07, 6.45) is 1.38. The molecule has 0 atom stereocenters. The highest BCUT2D eigenvalue weighted by Crippen LogP contribution is 2.27. The average Bonchev–Trinajstić information content (AvgIpc) is 3.15. The van der Waals surface area contributed by atoms with Crippen LogP contribution >= 0.6 is 11.6 Å². The van der Waals surface area contributed by atoms with Gasteiger partial charge in [-0.2, -0.15) is 10.1 Å². The second-order valence-corrected chi connectivity index (χ2v) is 5.16. The lowest BCUT2D eigenvalue weighted by Gasteiger charge is -2.00. The lowest BCUT2D eigenvalue weighted by atomic mass is 10.2. The van der Waals surface area contributed by atoms with Gasteiger partial charge in [0.2, 0.25) is 0 Å². The molecule has 8 nitrogen and oxygen atoms in total. The Kier molecular flexibility index (Phi) is 2.91. The van der Waals surface area contributed by atoms with E-state index in [1.54, 1.807) is 12.1 Å². The minimum Gasteiger partial charge on any atom is -0.423 e. The van der Waals surface area contributed by atoms with E-state index in [9.17, 15) is 4.79 Å². The van der Waals surface area contributed by atoms with Crippen molar-refractivity contribution in [2.45, 2.75) is 0 Å². The van der Waals surface area contributed by atoms with Crippen molar-refractivity contribution < 1.29 is 9.21 Å². The Hall–Kier alpha value is -3.13. The molecular formula is C14H9ClN6O2. The van der Waals surface area contributed by atoms with E-state index in [2.05, 4.69) is 25.5 Å². The summed E-state index contributed by atoms with van der Waals surface area (Å²) in [5.41, 5.74) is 7.54. The molecule has 1 aromatic carbocycles. The van der Waals surface area contributed by atoms with Crippen LogP contribution in [0.15, 0.2) is 34.9 Å². The van der Waals surface area contributed by atoms with Gasteiger partial charge in [0.05, 0.1) is 16.6 Å². The molecule has 1 amide bonds. The van der Waals surface area contributed by atoms with Crippen molar-refractivity contribution in [3.8, 4) is 0 Å². The largest absolute Gasteiger partial charge is 0.423 e. The molecule has 0 spiro atoms. The average molecular weight is 329 g/mol. The molecule has 4 aromatic rings. The van der Waals surface area contributed by atoms with Crippen LogP contribution in [0.1, 0.15) is 10.5 Å². The van der Waals surface area contributed by atoms with Crippen LogP contribution in [0.3, 0.4) is 0 Å². The first-order chi connectivity index (χ1) is 11.1. The molecule has 4 N–H and O–H groups in total. The summed E-state index contributed by atoms with van der Waals surface area (Å²) in [5, 5.41) is 9.82. The number of pyridine rings is 1. The first-order valence-electron chi connectivity index (χ1n) is 6.58. The van der Waals surface area contributed by atoms with E-state index in [1.807, 2.05) is 12.1 Å². The molecule has 3 aromatic heterocycles. The van der Waals surface area contributed by atoms with Crippen LogP contribution in [0, 0.1) is 0 Å². The molecule has 114 valence electrons. The number of oxazole rings is 1. The van der Waals surface area contributed by atoms with Crippen LogP contribution < -0.4 is 11.1 Å². The Morgan fingerprint density at radius 3 is 3.00 bits per heavy atom. The minimum absolute atomic E-state index is 0.0764. The van der Waals surface area contributed by atoms with E-state index in [1.165, 1.54) is 6.20 Å². The van der Waals surface area contributed by atoms with Crippen LogP contribution in [0.5, 0.6) is 0 Å². The third kappa shape index (κ3) is 2.16. The Labute approximate surface area is 133 Å². The number of carbonyl (C=O) groups is 1. The second kappa shape index (κ2) is 4.96. The molecule has 23 heavy (non-hydrogen) atoms. The molecule has 0 saturated carbocycles. The fourth-order valence-corrected chi connectivity index (χ4v) is 2.45. The van der Waals surface area contributed by atoms with Crippen molar-refractivity contribution in [2.24, 2.45) is 0 Å². The van der Waals surface area contributed by atoms with E-state index in [0.717, 1.165) is 0 Å². The summed E-state index contributed by atoms with van der Waals surface area (Å²) >= 11 is 6.00. The van der Waals surface area contributed by atoms with Crippen molar-refractivity contribution in [2.75, 3.05) is 11.1 Å². The number of nitrogens with two attached hydrogens (primary N) is 1. The number of nitrogens with zero attached hydrogens (tertiary/aromatic N) is 3. The quantitative estimate of drug-likeness (QED) is 0.519. The smallest absolute Gasteiger partial charge is 0.302 e. The summed E-state index contributed by atoms with van der Waals surface area (Å²) in [5.74, 6) is -0.351. The summed E-state index contributed by atoms with van der Waals surface area (Å²) in [6, 6.07) is 7.25. The maximum absolute atomic E-state index is 12.4. The number of carbonyl (C=O) groups excluding carboxylic acids is 1. The molecule has 0 unspecified atom stereocenters. The number of benzene rings is 1. The maximum atomic E-state index is 12.4. The van der Waals surface area contributed by atoms with Gasteiger partial charge in [-0.05, 0) is 12.1 Å². The van der Waals surface area contributed by atoms with E-state index < -0.39 is 5.91 Å². The SMILES string of the molecule is Nc1ncc(Cl)c2n[nH]c(C(=O)Nc3nc4ccccc4o3)c12. The lowest BCUT2D eigenvalue weighted by molar-refractivity contribution is 0.102. The Morgan fingerprint density at radius 1 is 1.35 bits per heavy atom. The van der Waals surface area contributed by atoms with E-state index in [4.69, 9.17) is 21.8 Å². The van der Waals surface area contributed by atoms with Crippen LogP contribution in [0.25, 0.3) is 22.0 Å². The highest BCUT2D eigenvalue weighted by molar-refractivity contribution is 6.35. The second-order valence-electron chi connectivity index (χ2n) is 4.75. The van der Waals surface area contributed by atoms with Gasteiger partial charge in [-0.3, -0.25) is 15.2 Å². The number of hydrogen-bond acceptors (Lipinski definition) is 6. The summed E-state index contributed by atoms with van der Waals surface area (Å²) < 4.78 is 5.45. The van der Waals surface area contributed by atoms with Crippen LogP contribution in [-0.2, 0) is 0 Å². The van der Waals surface area contributed by atoms with Gasteiger partial charge in [0, 0.05) is 0 Å². The zero-order valence-electron chi connectivity index (χ0n) is 11.5.